The summed E-state index contributed by atoms with van der Waals surface area (Å²) >= 11 is 6.18. The Balaban J connectivity index is 1.97. The van der Waals surface area contributed by atoms with Gasteiger partial charge in [-0.2, -0.15) is 0 Å². The summed E-state index contributed by atoms with van der Waals surface area (Å²) in [5.41, 5.74) is 7.61. The third-order valence-electron chi connectivity index (χ3n) is 3.43. The molecule has 20 heavy (non-hydrogen) atoms. The molecule has 2 N–H and O–H groups in total. The Hall–Kier alpha value is -1.46. The van der Waals surface area contributed by atoms with Crippen LogP contribution in [0.5, 0.6) is 0 Å². The number of benzene rings is 1. The van der Waals surface area contributed by atoms with Gasteiger partial charge in [0.1, 0.15) is 0 Å². The zero-order valence-electron chi connectivity index (χ0n) is 11.6. The molecule has 1 fully saturated rings. The number of hydrogen-bond acceptors (Lipinski definition) is 4. The Kier molecular flexibility index (Phi) is 5.09. The average molecular weight is 298 g/mol. The Labute approximate surface area is 124 Å². The molecule has 1 heterocycles. The first-order chi connectivity index (χ1) is 9.65. The van der Waals surface area contributed by atoms with E-state index in [1.807, 2.05) is 25.1 Å². The molecule has 0 saturated carbocycles. The summed E-state index contributed by atoms with van der Waals surface area (Å²) in [6.45, 7) is 5.54. The highest BCUT2D eigenvalue weighted by Crippen LogP contribution is 2.24. The van der Waals surface area contributed by atoms with Gasteiger partial charge in [-0.1, -0.05) is 17.7 Å². The van der Waals surface area contributed by atoms with Gasteiger partial charge in [0.05, 0.1) is 6.61 Å². The zero-order chi connectivity index (χ0) is 14.5. The maximum atomic E-state index is 11.6. The molecule has 0 bridgehead atoms. The van der Waals surface area contributed by atoms with Crippen LogP contribution in [-0.4, -0.2) is 43.8 Å². The number of hydrogen-bond donors (Lipinski definition) is 1. The smallest absolute Gasteiger partial charge is 0.409 e. The second-order valence-electron chi connectivity index (χ2n) is 4.65. The SMILES string of the molecule is CCOC(=O)N1CCN(c2ccc(CN)c(Cl)c2)CC1. The molecule has 1 aromatic carbocycles. The average Bonchev–Trinajstić information content (AvgIpc) is 2.47. The van der Waals surface area contributed by atoms with Crippen molar-refractivity contribution in [1.82, 2.24) is 4.90 Å². The summed E-state index contributed by atoms with van der Waals surface area (Å²) < 4.78 is 5.01. The monoisotopic (exact) mass is 297 g/mol. The molecule has 0 spiro atoms. The Morgan fingerprint density at radius 1 is 1.35 bits per heavy atom. The number of nitrogens with zero attached hydrogens (tertiary/aromatic N) is 2. The van der Waals surface area contributed by atoms with E-state index in [1.54, 1.807) is 4.90 Å². The first-order valence-electron chi connectivity index (χ1n) is 6.80. The number of anilines is 1. The molecule has 2 rings (SSSR count). The minimum absolute atomic E-state index is 0.233. The molecule has 6 heteroatoms. The van der Waals surface area contributed by atoms with E-state index >= 15 is 0 Å². The van der Waals surface area contributed by atoms with Crippen LogP contribution in [0.1, 0.15) is 12.5 Å². The lowest BCUT2D eigenvalue weighted by Crippen LogP contribution is -2.49. The zero-order valence-corrected chi connectivity index (χ0v) is 12.4. The minimum atomic E-state index is -0.233. The number of amides is 1. The van der Waals surface area contributed by atoms with Crippen molar-refractivity contribution in [2.75, 3.05) is 37.7 Å². The molecule has 0 aromatic heterocycles. The van der Waals surface area contributed by atoms with E-state index in [1.165, 1.54) is 0 Å². The van der Waals surface area contributed by atoms with Crippen molar-refractivity contribution >= 4 is 23.4 Å². The van der Waals surface area contributed by atoms with Gasteiger partial charge >= 0.3 is 6.09 Å². The molecular formula is C14H20ClN3O2. The van der Waals surface area contributed by atoms with Crippen molar-refractivity contribution in [2.45, 2.75) is 13.5 Å². The summed E-state index contributed by atoms with van der Waals surface area (Å²) in [4.78, 5) is 15.6. The van der Waals surface area contributed by atoms with Crippen LogP contribution in [0, 0.1) is 0 Å². The van der Waals surface area contributed by atoms with Crippen LogP contribution in [0.15, 0.2) is 18.2 Å². The predicted molar refractivity (Wildman–Crippen MR) is 80.2 cm³/mol. The van der Waals surface area contributed by atoms with E-state index in [0.717, 1.165) is 24.3 Å². The van der Waals surface area contributed by atoms with E-state index in [-0.39, 0.29) is 6.09 Å². The highest BCUT2D eigenvalue weighted by atomic mass is 35.5. The lowest BCUT2D eigenvalue weighted by atomic mass is 10.2. The molecule has 0 unspecified atom stereocenters. The fourth-order valence-corrected chi connectivity index (χ4v) is 2.51. The molecule has 1 aromatic rings. The lowest BCUT2D eigenvalue weighted by Gasteiger charge is -2.35. The van der Waals surface area contributed by atoms with E-state index in [0.29, 0.717) is 31.3 Å². The molecule has 110 valence electrons. The highest BCUT2D eigenvalue weighted by molar-refractivity contribution is 6.31. The van der Waals surface area contributed by atoms with Gasteiger partial charge in [-0.15, -0.1) is 0 Å². The fraction of sp³-hybridized carbons (Fsp3) is 0.500. The number of piperazine rings is 1. The lowest BCUT2D eigenvalue weighted by molar-refractivity contribution is 0.105. The van der Waals surface area contributed by atoms with E-state index in [2.05, 4.69) is 4.90 Å². The van der Waals surface area contributed by atoms with Crippen LogP contribution in [0.25, 0.3) is 0 Å². The van der Waals surface area contributed by atoms with E-state index in [9.17, 15) is 4.79 Å². The Morgan fingerprint density at radius 2 is 2.05 bits per heavy atom. The van der Waals surface area contributed by atoms with Gasteiger partial charge in [0, 0.05) is 43.4 Å². The molecule has 1 aliphatic heterocycles. The van der Waals surface area contributed by atoms with Crippen LogP contribution in [-0.2, 0) is 11.3 Å². The van der Waals surface area contributed by atoms with Gasteiger partial charge in [0.15, 0.2) is 0 Å². The number of nitrogens with two attached hydrogens (primary N) is 1. The van der Waals surface area contributed by atoms with Gasteiger partial charge in [-0.3, -0.25) is 0 Å². The number of halogens is 1. The summed E-state index contributed by atoms with van der Waals surface area (Å²) in [5.74, 6) is 0. The molecule has 1 saturated heterocycles. The molecule has 1 aliphatic rings. The van der Waals surface area contributed by atoms with Gasteiger partial charge in [0.2, 0.25) is 0 Å². The van der Waals surface area contributed by atoms with Crippen molar-refractivity contribution in [3.63, 3.8) is 0 Å². The second-order valence-corrected chi connectivity index (χ2v) is 5.06. The van der Waals surface area contributed by atoms with Crippen molar-refractivity contribution in [1.29, 1.82) is 0 Å². The molecule has 0 radical (unpaired) electrons. The highest BCUT2D eigenvalue weighted by Gasteiger charge is 2.22. The fourth-order valence-electron chi connectivity index (χ4n) is 2.26. The topological polar surface area (TPSA) is 58.8 Å². The van der Waals surface area contributed by atoms with Crippen molar-refractivity contribution in [2.24, 2.45) is 5.73 Å². The summed E-state index contributed by atoms with van der Waals surface area (Å²) in [5, 5.41) is 0.692. The number of ether oxygens (including phenoxy) is 1. The first-order valence-corrected chi connectivity index (χ1v) is 7.18. The van der Waals surface area contributed by atoms with Crippen LogP contribution < -0.4 is 10.6 Å². The largest absolute Gasteiger partial charge is 0.450 e. The van der Waals surface area contributed by atoms with Crippen LogP contribution in [0.4, 0.5) is 10.5 Å². The van der Waals surface area contributed by atoms with Gasteiger partial charge in [0.25, 0.3) is 0 Å². The maximum Gasteiger partial charge on any atom is 0.409 e. The van der Waals surface area contributed by atoms with Gasteiger partial charge in [-0.25, -0.2) is 4.79 Å². The quantitative estimate of drug-likeness (QED) is 0.928. The van der Waals surface area contributed by atoms with Crippen LogP contribution in [0.3, 0.4) is 0 Å². The number of rotatable bonds is 3. The van der Waals surface area contributed by atoms with Crippen LogP contribution in [0.2, 0.25) is 5.02 Å². The van der Waals surface area contributed by atoms with E-state index in [4.69, 9.17) is 22.1 Å². The summed E-state index contributed by atoms with van der Waals surface area (Å²) in [6.07, 6.45) is -0.233. The predicted octanol–water partition coefficient (Wildman–Crippen LogP) is 2.08. The molecule has 0 atom stereocenters. The Morgan fingerprint density at radius 3 is 2.60 bits per heavy atom. The summed E-state index contributed by atoms with van der Waals surface area (Å²) in [7, 11) is 0. The van der Waals surface area contributed by atoms with Gasteiger partial charge < -0.3 is 20.3 Å². The second kappa shape index (κ2) is 6.81. The number of carbonyl (C=O) groups is 1. The normalized spacial score (nSPS) is 15.3. The van der Waals surface area contributed by atoms with Crippen molar-refractivity contribution < 1.29 is 9.53 Å². The third-order valence-corrected chi connectivity index (χ3v) is 3.78. The van der Waals surface area contributed by atoms with Gasteiger partial charge in [-0.05, 0) is 24.6 Å². The van der Waals surface area contributed by atoms with Crippen molar-refractivity contribution in [3.8, 4) is 0 Å². The standard InChI is InChI=1S/C14H20ClN3O2/c1-2-20-14(19)18-7-5-17(6-8-18)12-4-3-11(10-16)13(15)9-12/h3-4,9H,2,5-8,10,16H2,1H3. The first kappa shape index (κ1) is 14.9. The molecule has 0 aliphatic carbocycles. The third kappa shape index (κ3) is 3.35. The van der Waals surface area contributed by atoms with Crippen molar-refractivity contribution in [3.05, 3.63) is 28.8 Å². The molecule has 1 amide bonds. The minimum Gasteiger partial charge on any atom is -0.450 e. The van der Waals surface area contributed by atoms with E-state index < -0.39 is 0 Å². The Bertz CT molecular complexity index is 473. The number of carbonyl (C=O) groups excluding carboxylic acids is 1. The maximum absolute atomic E-state index is 11.6. The molecular weight excluding hydrogens is 278 g/mol. The summed E-state index contributed by atoms with van der Waals surface area (Å²) in [6, 6.07) is 5.91. The molecule has 5 nitrogen and oxygen atoms in total. The van der Waals surface area contributed by atoms with Crippen LogP contribution >= 0.6 is 11.6 Å².